The molecule has 0 unspecified atom stereocenters. The summed E-state index contributed by atoms with van der Waals surface area (Å²) < 4.78 is 21.8. The maximum absolute atomic E-state index is 14.4. The third-order valence-electron chi connectivity index (χ3n) is 5.93. The number of ether oxygens (including phenoxy) is 1. The fourth-order valence-electron chi connectivity index (χ4n) is 4.17. The summed E-state index contributed by atoms with van der Waals surface area (Å²) in [6.07, 6.45) is 3.05. The zero-order valence-corrected chi connectivity index (χ0v) is 20.5. The number of benzene rings is 1. The van der Waals surface area contributed by atoms with Gasteiger partial charge in [-0.15, -0.1) is 0 Å². The lowest BCUT2D eigenvalue weighted by molar-refractivity contribution is -0.133. The predicted molar refractivity (Wildman–Crippen MR) is 135 cm³/mol. The molecule has 3 aromatic heterocycles. The Morgan fingerprint density at radius 2 is 2.19 bits per heavy atom. The molecule has 1 aliphatic heterocycles. The number of aromatic nitrogens is 5. The number of aliphatic hydroxyl groups excluding tert-OH is 1. The molecule has 10 nitrogen and oxygen atoms in total. The maximum atomic E-state index is 14.4. The van der Waals surface area contributed by atoms with E-state index in [1.807, 2.05) is 6.92 Å². The number of anilines is 1. The fraction of sp³-hybridized carbons (Fsp3) is 0.240. The second kappa shape index (κ2) is 10.2. The number of rotatable bonds is 7. The number of hydrogen-bond acceptors (Lipinski definition) is 8. The van der Waals surface area contributed by atoms with Crippen molar-refractivity contribution >= 4 is 34.5 Å². The van der Waals surface area contributed by atoms with Crippen LogP contribution < -0.4 is 10.6 Å². The molecule has 0 spiro atoms. The minimum absolute atomic E-state index is 0.0813. The van der Waals surface area contributed by atoms with Crippen LogP contribution in [0.15, 0.2) is 55.8 Å². The van der Waals surface area contributed by atoms with E-state index in [9.17, 15) is 14.3 Å². The van der Waals surface area contributed by atoms with Crippen LogP contribution in [-0.2, 0) is 16.1 Å². The summed E-state index contributed by atoms with van der Waals surface area (Å²) in [7, 11) is 0. The Labute approximate surface area is 216 Å². The van der Waals surface area contributed by atoms with E-state index in [1.165, 1.54) is 24.8 Å². The van der Waals surface area contributed by atoms with E-state index in [2.05, 4.69) is 37.1 Å². The molecule has 12 heteroatoms. The van der Waals surface area contributed by atoms with E-state index in [-0.39, 0.29) is 24.6 Å². The molecule has 0 radical (unpaired) electrons. The standard InChI is InChI=1S/C25H23ClFN7O3/c1-3-29-24(36)19-8-18(35)25(37-19)34-12-31-20-22(30-10-14-6-13(2)4-5-17(14)27)32-21(33-23(20)34)15-7-16(26)11-28-9-15/h3-7,9,11-12,18-19,25,35H,1,8,10H2,2H3,(H,29,36)(H,30,32,33)/t18-,19+,25-/m1/s1. The van der Waals surface area contributed by atoms with Crippen LogP contribution in [0.4, 0.5) is 10.2 Å². The van der Waals surface area contributed by atoms with E-state index < -0.39 is 24.3 Å². The number of aryl methyl sites for hydroxylation is 1. The highest BCUT2D eigenvalue weighted by Crippen LogP contribution is 2.33. The second-order valence-corrected chi connectivity index (χ2v) is 9.03. The van der Waals surface area contributed by atoms with Crippen LogP contribution in [-0.4, -0.2) is 47.7 Å². The molecular formula is C25H23ClFN7O3. The van der Waals surface area contributed by atoms with Crippen molar-refractivity contribution in [2.45, 2.75) is 38.3 Å². The lowest BCUT2D eigenvalue weighted by Gasteiger charge is -2.17. The summed E-state index contributed by atoms with van der Waals surface area (Å²) in [5, 5.41) is 16.7. The number of halogens is 2. The fourth-order valence-corrected chi connectivity index (χ4v) is 4.34. The van der Waals surface area contributed by atoms with Crippen molar-refractivity contribution in [3.63, 3.8) is 0 Å². The smallest absolute Gasteiger partial charge is 0.253 e. The number of carbonyl (C=O) groups is 1. The summed E-state index contributed by atoms with van der Waals surface area (Å²) in [4.78, 5) is 30.0. The molecule has 3 N–H and O–H groups in total. The molecule has 1 amide bonds. The molecule has 0 bridgehead atoms. The Morgan fingerprint density at radius 3 is 2.97 bits per heavy atom. The summed E-state index contributed by atoms with van der Waals surface area (Å²) in [6.45, 7) is 5.50. The van der Waals surface area contributed by atoms with Gasteiger partial charge in [-0.3, -0.25) is 14.3 Å². The van der Waals surface area contributed by atoms with Crippen molar-refractivity contribution in [3.8, 4) is 11.4 Å². The van der Waals surface area contributed by atoms with E-state index in [4.69, 9.17) is 16.3 Å². The number of hydrogen-bond donors (Lipinski definition) is 3. The Kier molecular flexibility index (Phi) is 6.83. The number of nitrogens with zero attached hydrogens (tertiary/aromatic N) is 5. The van der Waals surface area contributed by atoms with Gasteiger partial charge in [0.15, 0.2) is 29.0 Å². The number of imidazole rings is 1. The molecule has 4 heterocycles. The van der Waals surface area contributed by atoms with Crippen molar-refractivity contribution in [1.82, 2.24) is 29.8 Å². The average Bonchev–Trinajstić information content (AvgIpc) is 3.47. The summed E-state index contributed by atoms with van der Waals surface area (Å²) in [5.41, 5.74) is 2.64. The first-order valence-corrected chi connectivity index (χ1v) is 11.8. The molecule has 37 heavy (non-hydrogen) atoms. The number of fused-ring (bicyclic) bond motifs is 1. The highest BCUT2D eigenvalue weighted by Gasteiger charge is 2.39. The first kappa shape index (κ1) is 24.8. The lowest BCUT2D eigenvalue weighted by Crippen LogP contribution is -2.30. The van der Waals surface area contributed by atoms with Crippen LogP contribution in [0.3, 0.4) is 0 Å². The van der Waals surface area contributed by atoms with Crippen LogP contribution in [0.1, 0.15) is 23.8 Å². The molecule has 1 aromatic carbocycles. The molecule has 3 atom stereocenters. The first-order chi connectivity index (χ1) is 17.8. The number of pyridine rings is 1. The third kappa shape index (κ3) is 5.01. The Balaban J connectivity index is 1.56. The molecule has 5 rings (SSSR count). The number of aliphatic hydroxyl groups is 1. The zero-order valence-electron chi connectivity index (χ0n) is 19.7. The summed E-state index contributed by atoms with van der Waals surface area (Å²) >= 11 is 6.14. The highest BCUT2D eigenvalue weighted by molar-refractivity contribution is 6.30. The van der Waals surface area contributed by atoms with Gasteiger partial charge in [0.25, 0.3) is 5.91 Å². The summed E-state index contributed by atoms with van der Waals surface area (Å²) in [5.74, 6) is -0.138. The average molecular weight is 524 g/mol. The minimum atomic E-state index is -0.998. The van der Waals surface area contributed by atoms with Crippen LogP contribution in [0.5, 0.6) is 0 Å². The molecule has 190 valence electrons. The van der Waals surface area contributed by atoms with Gasteiger partial charge in [0.05, 0.1) is 11.3 Å². The van der Waals surface area contributed by atoms with E-state index in [1.54, 1.807) is 29.0 Å². The van der Waals surface area contributed by atoms with Gasteiger partial charge in [-0.2, -0.15) is 0 Å². The van der Waals surface area contributed by atoms with Gasteiger partial charge in [-0.25, -0.2) is 19.3 Å². The molecule has 1 saturated heterocycles. The Morgan fingerprint density at radius 1 is 1.35 bits per heavy atom. The largest absolute Gasteiger partial charge is 0.388 e. The molecule has 4 aromatic rings. The third-order valence-corrected chi connectivity index (χ3v) is 6.14. The van der Waals surface area contributed by atoms with E-state index in [0.29, 0.717) is 33.1 Å². The Hall–Kier alpha value is -3.93. The van der Waals surface area contributed by atoms with Crippen molar-refractivity contribution in [3.05, 3.63) is 77.7 Å². The minimum Gasteiger partial charge on any atom is -0.388 e. The van der Waals surface area contributed by atoms with Crippen molar-refractivity contribution in [1.29, 1.82) is 0 Å². The van der Waals surface area contributed by atoms with Gasteiger partial charge in [0.2, 0.25) is 0 Å². The number of carbonyl (C=O) groups excluding carboxylic acids is 1. The van der Waals surface area contributed by atoms with Crippen molar-refractivity contribution in [2.24, 2.45) is 0 Å². The number of amides is 1. The van der Waals surface area contributed by atoms with Gasteiger partial charge in [0, 0.05) is 36.5 Å². The van der Waals surface area contributed by atoms with Crippen LogP contribution in [0, 0.1) is 12.7 Å². The van der Waals surface area contributed by atoms with Gasteiger partial charge in [0.1, 0.15) is 18.0 Å². The SMILES string of the molecule is C=CNC(=O)[C@@H]1C[C@@H](O)[C@H](n2cnc3c(NCc4cc(C)ccc4F)nc(-c4cncc(Cl)c4)nc32)O1. The Bertz CT molecular complexity index is 1490. The number of nitrogens with one attached hydrogen (secondary N) is 2. The van der Waals surface area contributed by atoms with E-state index in [0.717, 1.165) is 5.56 Å². The monoisotopic (exact) mass is 523 g/mol. The lowest BCUT2D eigenvalue weighted by atomic mass is 10.1. The van der Waals surface area contributed by atoms with Gasteiger partial charge < -0.3 is 20.5 Å². The predicted octanol–water partition coefficient (Wildman–Crippen LogP) is 3.51. The van der Waals surface area contributed by atoms with Crippen molar-refractivity contribution in [2.75, 3.05) is 5.32 Å². The van der Waals surface area contributed by atoms with Crippen molar-refractivity contribution < 1.29 is 19.0 Å². The van der Waals surface area contributed by atoms with Crippen LogP contribution >= 0.6 is 11.6 Å². The molecule has 0 saturated carbocycles. The molecule has 1 fully saturated rings. The molecule has 1 aliphatic rings. The highest BCUT2D eigenvalue weighted by atomic mass is 35.5. The van der Waals surface area contributed by atoms with Gasteiger partial charge >= 0.3 is 0 Å². The topological polar surface area (TPSA) is 127 Å². The maximum Gasteiger partial charge on any atom is 0.253 e. The normalized spacial score (nSPS) is 19.2. The zero-order chi connectivity index (χ0) is 26.1. The molecule has 0 aliphatic carbocycles. The summed E-state index contributed by atoms with van der Waals surface area (Å²) in [6, 6.07) is 6.52. The van der Waals surface area contributed by atoms with E-state index >= 15 is 0 Å². The van der Waals surface area contributed by atoms with Gasteiger partial charge in [-0.05, 0) is 25.3 Å². The quantitative estimate of drug-likeness (QED) is 0.336. The first-order valence-electron chi connectivity index (χ1n) is 11.4. The van der Waals surface area contributed by atoms with Gasteiger partial charge in [-0.1, -0.05) is 35.9 Å². The second-order valence-electron chi connectivity index (χ2n) is 8.59. The van der Waals surface area contributed by atoms with Crippen LogP contribution in [0.2, 0.25) is 5.02 Å². The van der Waals surface area contributed by atoms with Crippen LogP contribution in [0.25, 0.3) is 22.6 Å². The molecular weight excluding hydrogens is 501 g/mol.